The van der Waals surface area contributed by atoms with Crippen molar-refractivity contribution in [3.8, 4) is 11.4 Å². The van der Waals surface area contributed by atoms with Gasteiger partial charge >= 0.3 is 5.69 Å². The minimum Gasteiger partial charge on any atom is -0.489 e. The lowest BCUT2D eigenvalue weighted by Gasteiger charge is -2.16. The van der Waals surface area contributed by atoms with Crippen molar-refractivity contribution in [2.24, 2.45) is 12.2 Å². The number of rotatable bonds is 7. The molecule has 8 nitrogen and oxygen atoms in total. The van der Waals surface area contributed by atoms with Gasteiger partial charge in [0.2, 0.25) is 0 Å². The molecule has 0 amide bonds. The Morgan fingerprint density at radius 2 is 1.97 bits per heavy atom. The highest BCUT2D eigenvalue weighted by Gasteiger charge is 2.16. The molecule has 156 valence electrons. The molecule has 0 aliphatic rings. The van der Waals surface area contributed by atoms with E-state index in [1.54, 1.807) is 7.05 Å². The summed E-state index contributed by atoms with van der Waals surface area (Å²) in [7, 11) is 3.08. The SMILES string of the molecule is C=C(C)c1cccc(-n2nnn(C)c2=O)c1COc1ccc(C(C)=NOC)cc1C. The fraction of sp³-hybridized carbons (Fsp3) is 0.273. The Labute approximate surface area is 175 Å². The van der Waals surface area contributed by atoms with Crippen LogP contribution >= 0.6 is 0 Å². The molecule has 1 aromatic heterocycles. The molecule has 0 unspecified atom stereocenters. The predicted molar refractivity (Wildman–Crippen MR) is 116 cm³/mol. The number of hydrogen-bond donors (Lipinski definition) is 0. The van der Waals surface area contributed by atoms with Gasteiger partial charge in [-0.2, -0.15) is 9.36 Å². The smallest absolute Gasteiger partial charge is 0.368 e. The van der Waals surface area contributed by atoms with Gasteiger partial charge in [-0.1, -0.05) is 29.4 Å². The molecule has 0 bridgehead atoms. The summed E-state index contributed by atoms with van der Waals surface area (Å²) in [5, 5.41) is 11.8. The topological polar surface area (TPSA) is 83.5 Å². The van der Waals surface area contributed by atoms with E-state index >= 15 is 0 Å². The van der Waals surface area contributed by atoms with Crippen LogP contribution in [0.15, 0.2) is 52.9 Å². The minimum atomic E-state index is -0.330. The van der Waals surface area contributed by atoms with Crippen molar-refractivity contribution in [3.63, 3.8) is 0 Å². The summed E-state index contributed by atoms with van der Waals surface area (Å²) in [6.45, 7) is 10.1. The summed E-state index contributed by atoms with van der Waals surface area (Å²) in [5.74, 6) is 0.734. The molecule has 3 rings (SSSR count). The van der Waals surface area contributed by atoms with Crippen LogP contribution in [0.5, 0.6) is 5.75 Å². The average molecular weight is 407 g/mol. The predicted octanol–water partition coefficient (Wildman–Crippen LogP) is 3.26. The maximum Gasteiger partial charge on any atom is 0.368 e. The van der Waals surface area contributed by atoms with E-state index < -0.39 is 0 Å². The van der Waals surface area contributed by atoms with Crippen LogP contribution in [0.4, 0.5) is 0 Å². The normalized spacial score (nSPS) is 11.4. The van der Waals surface area contributed by atoms with Gasteiger partial charge in [-0.25, -0.2) is 4.79 Å². The summed E-state index contributed by atoms with van der Waals surface area (Å²) in [5.41, 5.74) is 5.57. The second-order valence-electron chi connectivity index (χ2n) is 7.01. The van der Waals surface area contributed by atoms with Crippen LogP contribution in [-0.4, -0.2) is 32.6 Å². The van der Waals surface area contributed by atoms with Crippen LogP contribution in [0.25, 0.3) is 11.3 Å². The van der Waals surface area contributed by atoms with E-state index in [2.05, 4.69) is 22.2 Å². The number of benzene rings is 2. The number of aryl methyl sites for hydroxylation is 2. The monoisotopic (exact) mass is 407 g/mol. The molecular weight excluding hydrogens is 382 g/mol. The number of tetrazole rings is 1. The van der Waals surface area contributed by atoms with Crippen LogP contribution in [0.3, 0.4) is 0 Å². The van der Waals surface area contributed by atoms with E-state index in [0.717, 1.165) is 39.3 Å². The Balaban J connectivity index is 1.97. The third-order valence-electron chi connectivity index (χ3n) is 4.75. The third-order valence-corrected chi connectivity index (χ3v) is 4.75. The van der Waals surface area contributed by atoms with Crippen molar-refractivity contribution in [1.82, 2.24) is 19.8 Å². The lowest BCUT2D eigenvalue weighted by molar-refractivity contribution is 0.213. The minimum absolute atomic E-state index is 0.243. The van der Waals surface area contributed by atoms with Gasteiger partial charge in [-0.15, -0.1) is 0 Å². The van der Waals surface area contributed by atoms with E-state index in [1.807, 2.05) is 57.2 Å². The number of aromatic nitrogens is 4. The molecule has 2 aromatic carbocycles. The maximum absolute atomic E-state index is 12.4. The first-order valence-electron chi connectivity index (χ1n) is 9.42. The van der Waals surface area contributed by atoms with Crippen molar-refractivity contribution in [2.75, 3.05) is 7.11 Å². The molecule has 3 aromatic rings. The Hall–Kier alpha value is -3.68. The molecule has 0 aliphatic carbocycles. The van der Waals surface area contributed by atoms with Gasteiger partial charge in [0, 0.05) is 12.6 Å². The molecule has 0 atom stereocenters. The molecule has 0 fully saturated rings. The highest BCUT2D eigenvalue weighted by Crippen LogP contribution is 2.26. The highest BCUT2D eigenvalue weighted by molar-refractivity contribution is 5.98. The van der Waals surface area contributed by atoms with E-state index in [1.165, 1.54) is 16.5 Å². The Kier molecular flexibility index (Phi) is 6.15. The molecular formula is C22H25N5O3. The van der Waals surface area contributed by atoms with Crippen LogP contribution < -0.4 is 10.4 Å². The molecule has 0 spiro atoms. The lowest BCUT2D eigenvalue weighted by Crippen LogP contribution is -2.23. The van der Waals surface area contributed by atoms with E-state index in [-0.39, 0.29) is 12.3 Å². The van der Waals surface area contributed by atoms with E-state index in [4.69, 9.17) is 9.57 Å². The Bertz CT molecular complexity index is 1170. The van der Waals surface area contributed by atoms with E-state index in [0.29, 0.717) is 5.69 Å². The number of nitrogens with zero attached hydrogens (tertiary/aromatic N) is 5. The van der Waals surface area contributed by atoms with Gasteiger partial charge in [0.25, 0.3) is 0 Å². The molecule has 0 radical (unpaired) electrons. The van der Waals surface area contributed by atoms with Gasteiger partial charge in [0.1, 0.15) is 19.5 Å². The molecule has 0 N–H and O–H groups in total. The zero-order chi connectivity index (χ0) is 21.8. The molecule has 1 heterocycles. The molecule has 0 saturated carbocycles. The Morgan fingerprint density at radius 1 is 1.20 bits per heavy atom. The fourth-order valence-electron chi connectivity index (χ4n) is 3.17. The fourth-order valence-corrected chi connectivity index (χ4v) is 3.17. The third kappa shape index (κ3) is 4.17. The number of hydrogen-bond acceptors (Lipinski definition) is 6. The summed E-state index contributed by atoms with van der Waals surface area (Å²) in [6, 6.07) is 11.5. The van der Waals surface area contributed by atoms with Crippen molar-refractivity contribution in [2.45, 2.75) is 27.4 Å². The van der Waals surface area contributed by atoms with Gasteiger partial charge in [0.05, 0.1) is 11.4 Å². The van der Waals surface area contributed by atoms with Crippen LogP contribution in [0.1, 0.15) is 36.1 Å². The van der Waals surface area contributed by atoms with Crippen molar-refractivity contribution < 1.29 is 9.57 Å². The second-order valence-corrected chi connectivity index (χ2v) is 7.01. The van der Waals surface area contributed by atoms with Crippen molar-refractivity contribution >= 4 is 11.3 Å². The Morgan fingerprint density at radius 3 is 2.57 bits per heavy atom. The van der Waals surface area contributed by atoms with Gasteiger partial charge in [-0.3, -0.25) is 0 Å². The van der Waals surface area contributed by atoms with Crippen LogP contribution in [-0.2, 0) is 18.5 Å². The summed E-state index contributed by atoms with van der Waals surface area (Å²) >= 11 is 0. The van der Waals surface area contributed by atoms with Gasteiger partial charge in [0.15, 0.2) is 0 Å². The number of oxime groups is 1. The molecule has 0 aliphatic heterocycles. The zero-order valence-corrected chi connectivity index (χ0v) is 17.8. The largest absolute Gasteiger partial charge is 0.489 e. The average Bonchev–Trinajstić information content (AvgIpc) is 3.05. The highest BCUT2D eigenvalue weighted by atomic mass is 16.6. The van der Waals surface area contributed by atoms with Gasteiger partial charge < -0.3 is 9.57 Å². The standard InChI is InChI=1S/C22H25N5O3/c1-14(2)18-8-7-9-20(27-22(28)26(5)24-25-27)19(18)13-30-21-11-10-17(12-15(21)3)16(4)23-29-6/h7-12H,1,13H2,2-6H3. The molecule has 8 heteroatoms. The van der Waals surface area contributed by atoms with Crippen LogP contribution in [0, 0.1) is 6.92 Å². The lowest BCUT2D eigenvalue weighted by atomic mass is 10.0. The number of allylic oxidation sites excluding steroid dienone is 1. The summed E-state index contributed by atoms with van der Waals surface area (Å²) in [6.07, 6.45) is 0. The summed E-state index contributed by atoms with van der Waals surface area (Å²) in [4.78, 5) is 17.2. The van der Waals surface area contributed by atoms with E-state index in [9.17, 15) is 4.79 Å². The quantitative estimate of drug-likeness (QED) is 0.443. The van der Waals surface area contributed by atoms with Crippen LogP contribution in [0.2, 0.25) is 0 Å². The first-order valence-corrected chi connectivity index (χ1v) is 9.42. The molecule has 30 heavy (non-hydrogen) atoms. The molecule has 0 saturated heterocycles. The zero-order valence-electron chi connectivity index (χ0n) is 17.8. The number of ether oxygens (including phenoxy) is 1. The second kappa shape index (κ2) is 8.77. The van der Waals surface area contributed by atoms with Crippen molar-refractivity contribution in [3.05, 3.63) is 75.7 Å². The first-order chi connectivity index (χ1) is 14.3. The maximum atomic E-state index is 12.4. The van der Waals surface area contributed by atoms with Gasteiger partial charge in [-0.05, 0) is 72.2 Å². The first kappa shape index (κ1) is 21.0. The summed E-state index contributed by atoms with van der Waals surface area (Å²) < 4.78 is 8.59. The van der Waals surface area contributed by atoms with Crippen molar-refractivity contribution in [1.29, 1.82) is 0 Å².